The van der Waals surface area contributed by atoms with Crippen LogP contribution in [0.2, 0.25) is 0 Å². The molecule has 1 aromatic heterocycles. The van der Waals surface area contributed by atoms with Crippen LogP contribution in [-0.4, -0.2) is 10.9 Å². The third kappa shape index (κ3) is 4.63. The monoisotopic (exact) mass is 354 g/mol. The summed E-state index contributed by atoms with van der Waals surface area (Å²) >= 11 is 0. The van der Waals surface area contributed by atoms with Gasteiger partial charge in [-0.25, -0.2) is 8.78 Å². The fourth-order valence-corrected chi connectivity index (χ4v) is 2.28. The minimum atomic E-state index is -1.05. The molecular weight excluding hydrogens is 338 g/mol. The maximum atomic E-state index is 13.2. The maximum absolute atomic E-state index is 13.2. The highest BCUT2D eigenvalue weighted by atomic mass is 19.2. The van der Waals surface area contributed by atoms with Gasteiger partial charge in [0.25, 0.3) is 5.91 Å². The lowest BCUT2D eigenvalue weighted by Gasteiger charge is -2.08. The van der Waals surface area contributed by atoms with Gasteiger partial charge < -0.3 is 10.1 Å². The summed E-state index contributed by atoms with van der Waals surface area (Å²) in [7, 11) is 0. The van der Waals surface area contributed by atoms with Crippen molar-refractivity contribution in [3.05, 3.63) is 95.3 Å². The lowest BCUT2D eigenvalue weighted by Crippen LogP contribution is -2.22. The second-order valence-electron chi connectivity index (χ2n) is 5.61. The van der Waals surface area contributed by atoms with E-state index in [0.717, 1.165) is 23.3 Å². The highest BCUT2D eigenvalue weighted by molar-refractivity contribution is 5.94. The van der Waals surface area contributed by atoms with Gasteiger partial charge in [0.1, 0.15) is 12.4 Å². The molecule has 0 saturated heterocycles. The summed E-state index contributed by atoms with van der Waals surface area (Å²) in [6.07, 6.45) is 3.44. The number of pyridine rings is 1. The molecule has 0 radical (unpaired) electrons. The van der Waals surface area contributed by atoms with Crippen molar-refractivity contribution in [2.45, 2.75) is 13.2 Å². The zero-order chi connectivity index (χ0) is 18.4. The second kappa shape index (κ2) is 8.20. The summed E-state index contributed by atoms with van der Waals surface area (Å²) in [5.74, 6) is -1.80. The number of carbonyl (C=O) groups excluding carboxylic acids is 1. The van der Waals surface area contributed by atoms with Gasteiger partial charge in [0.2, 0.25) is 0 Å². The van der Waals surface area contributed by atoms with E-state index in [1.54, 1.807) is 24.5 Å². The van der Waals surface area contributed by atoms with Crippen molar-refractivity contribution in [2.24, 2.45) is 0 Å². The molecule has 3 aromatic rings. The Morgan fingerprint density at radius 2 is 1.81 bits per heavy atom. The normalized spacial score (nSPS) is 10.4. The number of carbonyl (C=O) groups is 1. The number of halogens is 2. The van der Waals surface area contributed by atoms with Crippen LogP contribution in [0.4, 0.5) is 8.78 Å². The number of rotatable bonds is 6. The van der Waals surface area contributed by atoms with E-state index in [9.17, 15) is 13.6 Å². The number of ether oxygens (including phenoxy) is 1. The van der Waals surface area contributed by atoms with E-state index < -0.39 is 17.5 Å². The van der Waals surface area contributed by atoms with Gasteiger partial charge in [0, 0.05) is 30.1 Å². The third-order valence-electron chi connectivity index (χ3n) is 3.69. The molecule has 1 amide bonds. The van der Waals surface area contributed by atoms with Crippen LogP contribution >= 0.6 is 0 Å². The molecule has 26 heavy (non-hydrogen) atoms. The van der Waals surface area contributed by atoms with Gasteiger partial charge >= 0.3 is 0 Å². The second-order valence-corrected chi connectivity index (χ2v) is 5.61. The molecule has 0 aliphatic carbocycles. The summed E-state index contributed by atoms with van der Waals surface area (Å²) in [5, 5.41) is 2.66. The first-order valence-electron chi connectivity index (χ1n) is 7.96. The van der Waals surface area contributed by atoms with Crippen LogP contribution < -0.4 is 10.1 Å². The van der Waals surface area contributed by atoms with Crippen LogP contribution in [0.1, 0.15) is 21.5 Å². The number of benzene rings is 2. The summed E-state index contributed by atoms with van der Waals surface area (Å²) in [6.45, 7) is 0.681. The van der Waals surface area contributed by atoms with E-state index in [4.69, 9.17) is 4.74 Å². The maximum Gasteiger partial charge on any atom is 0.251 e. The topological polar surface area (TPSA) is 51.2 Å². The molecule has 6 heteroatoms. The van der Waals surface area contributed by atoms with E-state index in [0.29, 0.717) is 12.4 Å². The Labute approximate surface area is 149 Å². The molecule has 132 valence electrons. The van der Waals surface area contributed by atoms with Crippen LogP contribution in [-0.2, 0) is 13.2 Å². The molecule has 2 aromatic carbocycles. The van der Waals surface area contributed by atoms with Crippen LogP contribution in [0, 0.1) is 11.6 Å². The fraction of sp³-hybridized carbons (Fsp3) is 0.100. The van der Waals surface area contributed by atoms with Crippen molar-refractivity contribution in [1.82, 2.24) is 10.3 Å². The standard InChI is InChI=1S/C20H16F2N2O2/c21-18-8-5-16(10-19(18)22)20(25)24-12-14-3-6-17(7-4-14)26-13-15-2-1-9-23-11-15/h1-11H,12-13H2,(H,24,25). The van der Waals surface area contributed by atoms with Gasteiger partial charge in [-0.15, -0.1) is 0 Å². The summed E-state index contributed by atoms with van der Waals surface area (Å²) in [6, 6.07) is 14.1. The molecule has 0 bridgehead atoms. The number of aromatic nitrogens is 1. The Balaban J connectivity index is 1.52. The first kappa shape index (κ1) is 17.5. The molecule has 0 spiro atoms. The zero-order valence-corrected chi connectivity index (χ0v) is 13.8. The minimum absolute atomic E-state index is 0.0697. The summed E-state index contributed by atoms with van der Waals surface area (Å²) in [5.41, 5.74) is 1.89. The van der Waals surface area contributed by atoms with Gasteiger partial charge in [0.15, 0.2) is 11.6 Å². The summed E-state index contributed by atoms with van der Waals surface area (Å²) < 4.78 is 31.7. The molecule has 0 saturated carbocycles. The fourth-order valence-electron chi connectivity index (χ4n) is 2.28. The third-order valence-corrected chi connectivity index (χ3v) is 3.69. The first-order chi connectivity index (χ1) is 12.6. The predicted molar refractivity (Wildman–Crippen MR) is 92.5 cm³/mol. The summed E-state index contributed by atoms with van der Waals surface area (Å²) in [4.78, 5) is 16.0. The van der Waals surface area contributed by atoms with Gasteiger partial charge in [-0.1, -0.05) is 18.2 Å². The van der Waals surface area contributed by atoms with Crippen molar-refractivity contribution in [3.8, 4) is 5.75 Å². The lowest BCUT2D eigenvalue weighted by molar-refractivity contribution is 0.0950. The SMILES string of the molecule is O=C(NCc1ccc(OCc2cccnc2)cc1)c1ccc(F)c(F)c1. The largest absolute Gasteiger partial charge is 0.489 e. The van der Waals surface area contributed by atoms with E-state index >= 15 is 0 Å². The van der Waals surface area contributed by atoms with Crippen molar-refractivity contribution in [1.29, 1.82) is 0 Å². The number of nitrogens with one attached hydrogen (secondary N) is 1. The molecule has 0 unspecified atom stereocenters. The Morgan fingerprint density at radius 1 is 1.00 bits per heavy atom. The quantitative estimate of drug-likeness (QED) is 0.731. The molecular formula is C20H16F2N2O2. The predicted octanol–water partition coefficient (Wildman–Crippen LogP) is 3.87. The van der Waals surface area contributed by atoms with Crippen LogP contribution in [0.15, 0.2) is 67.0 Å². The Kier molecular flexibility index (Phi) is 5.53. The average Bonchev–Trinajstić information content (AvgIpc) is 2.68. The van der Waals surface area contributed by atoms with Gasteiger partial charge in [0.05, 0.1) is 0 Å². The molecule has 1 N–H and O–H groups in total. The smallest absolute Gasteiger partial charge is 0.251 e. The minimum Gasteiger partial charge on any atom is -0.489 e. The number of hydrogen-bond acceptors (Lipinski definition) is 3. The lowest BCUT2D eigenvalue weighted by atomic mass is 10.2. The van der Waals surface area contributed by atoms with Gasteiger partial charge in [-0.3, -0.25) is 9.78 Å². The molecule has 4 nitrogen and oxygen atoms in total. The van der Waals surface area contributed by atoms with E-state index in [1.807, 2.05) is 24.3 Å². The number of amides is 1. The van der Waals surface area contributed by atoms with Crippen LogP contribution in [0.3, 0.4) is 0 Å². The van der Waals surface area contributed by atoms with Crippen molar-refractivity contribution in [2.75, 3.05) is 0 Å². The van der Waals surface area contributed by atoms with Crippen LogP contribution in [0.5, 0.6) is 5.75 Å². The molecule has 0 aliphatic rings. The molecule has 0 atom stereocenters. The Hall–Kier alpha value is -3.28. The molecule has 3 rings (SSSR count). The van der Waals surface area contributed by atoms with Gasteiger partial charge in [-0.2, -0.15) is 0 Å². The van der Waals surface area contributed by atoms with Gasteiger partial charge in [-0.05, 0) is 42.0 Å². The number of nitrogens with zero attached hydrogens (tertiary/aromatic N) is 1. The van der Waals surface area contributed by atoms with Crippen LogP contribution in [0.25, 0.3) is 0 Å². The average molecular weight is 354 g/mol. The highest BCUT2D eigenvalue weighted by Crippen LogP contribution is 2.14. The molecule has 0 fully saturated rings. The van der Waals surface area contributed by atoms with E-state index in [2.05, 4.69) is 10.3 Å². The zero-order valence-electron chi connectivity index (χ0n) is 13.8. The Morgan fingerprint density at radius 3 is 2.50 bits per heavy atom. The van der Waals surface area contributed by atoms with Crippen molar-refractivity contribution in [3.63, 3.8) is 0 Å². The first-order valence-corrected chi connectivity index (χ1v) is 7.96. The highest BCUT2D eigenvalue weighted by Gasteiger charge is 2.09. The Bertz CT molecular complexity index is 884. The van der Waals surface area contributed by atoms with E-state index in [1.165, 1.54) is 6.07 Å². The molecule has 1 heterocycles. The molecule has 0 aliphatic heterocycles. The number of hydrogen-bond donors (Lipinski definition) is 1. The van der Waals surface area contributed by atoms with Crippen molar-refractivity contribution >= 4 is 5.91 Å². The van der Waals surface area contributed by atoms with E-state index in [-0.39, 0.29) is 12.1 Å². The van der Waals surface area contributed by atoms with Crippen molar-refractivity contribution < 1.29 is 18.3 Å².